The molecule has 0 N–H and O–H groups in total. The van der Waals surface area contributed by atoms with Crippen LogP contribution in [0.2, 0.25) is 0 Å². The molecule has 0 fully saturated rings. The van der Waals surface area contributed by atoms with E-state index >= 15 is 0 Å². The third kappa shape index (κ3) is 4.35. The van der Waals surface area contributed by atoms with Gasteiger partial charge in [-0.05, 0) is 18.2 Å². The number of benzene rings is 1. The van der Waals surface area contributed by atoms with E-state index in [1.54, 1.807) is 0 Å². The van der Waals surface area contributed by atoms with Crippen LogP contribution in [0.3, 0.4) is 0 Å². The molecule has 1 aromatic carbocycles. The number of aromatic nitrogens is 3. The van der Waals surface area contributed by atoms with E-state index in [0.717, 1.165) is 77.2 Å². The lowest BCUT2D eigenvalue weighted by atomic mass is 10.2. The van der Waals surface area contributed by atoms with Gasteiger partial charge in [-0.2, -0.15) is 0 Å². The molecule has 0 amide bonds. The van der Waals surface area contributed by atoms with Gasteiger partial charge in [-0.3, -0.25) is 0 Å². The zero-order chi connectivity index (χ0) is 29.2. The lowest BCUT2D eigenvalue weighted by molar-refractivity contribution is 0.494. The summed E-state index contributed by atoms with van der Waals surface area (Å²) in [6.07, 6.45) is 20.9. The van der Waals surface area contributed by atoms with Gasteiger partial charge in [-0.1, -0.05) is 0 Å². The van der Waals surface area contributed by atoms with Crippen molar-refractivity contribution in [3.05, 3.63) is 92.3 Å². The van der Waals surface area contributed by atoms with E-state index in [9.17, 15) is 0 Å². The first kappa shape index (κ1) is 25.4. The third-order valence-corrected chi connectivity index (χ3v) is 8.41. The van der Waals surface area contributed by atoms with Gasteiger partial charge in [0.1, 0.15) is 11.6 Å². The summed E-state index contributed by atoms with van der Waals surface area (Å²) in [5, 5.41) is 2.16. The maximum Gasteiger partial charge on any atom is 0.136 e. The van der Waals surface area contributed by atoms with Gasteiger partial charge in [0.2, 0.25) is 0 Å². The summed E-state index contributed by atoms with van der Waals surface area (Å²) in [5.41, 5.74) is 5.57. The van der Waals surface area contributed by atoms with Crippen molar-refractivity contribution in [2.45, 2.75) is 0 Å². The van der Waals surface area contributed by atoms with Crippen molar-refractivity contribution in [1.29, 1.82) is 0 Å². The van der Waals surface area contributed by atoms with Crippen molar-refractivity contribution in [1.82, 2.24) is 34.1 Å². The number of hydrogen-bond donors (Lipinski definition) is 0. The quantitative estimate of drug-likeness (QED) is 0.346. The third-order valence-electron chi connectivity index (χ3n) is 8.41. The molecule has 11 nitrogen and oxygen atoms in total. The maximum absolute atomic E-state index is 4.90. The molecule has 0 unspecified atom stereocenters. The summed E-state index contributed by atoms with van der Waals surface area (Å²) in [5.74, 6) is 1.83. The number of fused-ring (bicyclic) bond motifs is 3. The second kappa shape index (κ2) is 9.62. The first-order valence-corrected chi connectivity index (χ1v) is 14.5. The van der Waals surface area contributed by atoms with Crippen molar-refractivity contribution in [2.75, 3.05) is 74.5 Å². The molecule has 3 aromatic heterocycles. The van der Waals surface area contributed by atoms with Gasteiger partial charge in [0.25, 0.3) is 0 Å². The Hall–Kier alpha value is -5.32. The first-order chi connectivity index (χ1) is 20.9. The summed E-state index contributed by atoms with van der Waals surface area (Å²) < 4.78 is 2.38. The Balaban J connectivity index is 1.36. The molecule has 0 saturated carbocycles. The molecule has 7 heterocycles. The molecule has 43 heavy (non-hydrogen) atoms. The molecule has 0 spiro atoms. The highest BCUT2D eigenvalue weighted by Crippen LogP contribution is 2.38. The molecular weight excluding hydrogens is 538 g/mol. The zero-order valence-electron chi connectivity index (χ0n) is 24.9. The molecule has 0 atom stereocenters. The SMILES string of the molecule is CN1C=CN(c2cc(N3C=CN(C)C3)cc(-n3c4cc(N5C=CN(C)C5)ncc4c4cnc(N5C=CN(C)C5)cc43)c2)C1. The Labute approximate surface area is 251 Å². The molecular formula is C32H35N11. The van der Waals surface area contributed by atoms with Crippen LogP contribution in [-0.2, 0) is 0 Å². The van der Waals surface area contributed by atoms with Gasteiger partial charge in [0.05, 0.1) is 43.4 Å². The monoisotopic (exact) mass is 573 g/mol. The first-order valence-electron chi connectivity index (χ1n) is 14.5. The molecule has 0 saturated heterocycles. The van der Waals surface area contributed by atoms with E-state index < -0.39 is 0 Å². The van der Waals surface area contributed by atoms with Crippen LogP contribution in [-0.4, -0.2) is 89.0 Å². The molecule has 4 aliphatic rings. The standard InChI is InChI=1S/C32H35N11/c1-35-5-9-39(20-35)24-13-25(40-10-6-36(2)21-40)15-26(14-24)43-29-16-31(41-11-7-37(3)22-41)33-18-27(29)28-19-34-32(17-30(28)43)42-12-8-38(4)23-42/h5-19H,20-23H2,1-4H3. The van der Waals surface area contributed by atoms with Crippen LogP contribution < -0.4 is 19.6 Å². The number of anilines is 4. The Bertz CT molecular complexity index is 1730. The fourth-order valence-corrected chi connectivity index (χ4v) is 6.16. The fraction of sp³-hybridized carbons (Fsp3) is 0.250. The van der Waals surface area contributed by atoms with Crippen LogP contribution >= 0.6 is 0 Å². The zero-order valence-corrected chi connectivity index (χ0v) is 24.9. The van der Waals surface area contributed by atoms with Gasteiger partial charge in [-0.25, -0.2) is 9.97 Å². The minimum atomic E-state index is 0.766. The lowest BCUT2D eigenvalue weighted by Gasteiger charge is -2.24. The lowest BCUT2D eigenvalue weighted by Crippen LogP contribution is -2.24. The molecule has 0 radical (unpaired) electrons. The predicted octanol–water partition coefficient (Wildman–Crippen LogP) is 4.30. The van der Waals surface area contributed by atoms with Crippen molar-refractivity contribution in [2.24, 2.45) is 0 Å². The largest absolute Gasteiger partial charge is 0.361 e. The second-order valence-electron chi connectivity index (χ2n) is 11.8. The molecule has 11 heteroatoms. The highest BCUT2D eigenvalue weighted by atomic mass is 15.4. The number of pyridine rings is 2. The average Bonchev–Trinajstić information content (AvgIpc) is 3.84. The van der Waals surface area contributed by atoms with Crippen LogP contribution in [0.25, 0.3) is 27.5 Å². The number of rotatable bonds is 5. The molecule has 0 bridgehead atoms. The van der Waals surface area contributed by atoms with E-state index in [4.69, 9.17) is 9.97 Å². The Morgan fingerprint density at radius 2 is 0.814 bits per heavy atom. The van der Waals surface area contributed by atoms with Crippen LogP contribution in [0.15, 0.2) is 92.3 Å². The maximum atomic E-state index is 4.90. The summed E-state index contributed by atoms with van der Waals surface area (Å²) in [6.45, 7) is 3.14. The topological polar surface area (TPSA) is 56.6 Å². The molecule has 8 rings (SSSR count). The van der Waals surface area contributed by atoms with Gasteiger partial charge < -0.3 is 43.8 Å². The Kier molecular flexibility index (Phi) is 5.68. The minimum Gasteiger partial charge on any atom is -0.361 e. The molecule has 4 aliphatic heterocycles. The predicted molar refractivity (Wildman–Crippen MR) is 173 cm³/mol. The van der Waals surface area contributed by atoms with Crippen LogP contribution in [0.4, 0.5) is 23.0 Å². The smallest absolute Gasteiger partial charge is 0.136 e. The van der Waals surface area contributed by atoms with Crippen LogP contribution in [0, 0.1) is 0 Å². The van der Waals surface area contributed by atoms with Crippen molar-refractivity contribution < 1.29 is 0 Å². The highest BCUT2D eigenvalue weighted by Gasteiger charge is 2.23. The summed E-state index contributed by atoms with van der Waals surface area (Å²) in [6, 6.07) is 11.3. The van der Waals surface area contributed by atoms with Gasteiger partial charge in [0.15, 0.2) is 0 Å². The molecule has 0 aliphatic carbocycles. The second-order valence-corrected chi connectivity index (χ2v) is 11.8. The number of hydrogen-bond acceptors (Lipinski definition) is 10. The van der Waals surface area contributed by atoms with Gasteiger partial charge in [-0.15, -0.1) is 0 Å². The molecule has 218 valence electrons. The van der Waals surface area contributed by atoms with Crippen molar-refractivity contribution in [3.8, 4) is 5.69 Å². The summed E-state index contributed by atoms with van der Waals surface area (Å²) in [4.78, 5) is 27.4. The Morgan fingerprint density at radius 3 is 1.19 bits per heavy atom. The van der Waals surface area contributed by atoms with Gasteiger partial charge in [0, 0.05) is 124 Å². The van der Waals surface area contributed by atoms with Gasteiger partial charge >= 0.3 is 0 Å². The summed E-state index contributed by atoms with van der Waals surface area (Å²) >= 11 is 0. The van der Waals surface area contributed by atoms with Crippen molar-refractivity contribution in [3.63, 3.8) is 0 Å². The Morgan fingerprint density at radius 1 is 0.442 bits per heavy atom. The normalized spacial score (nSPS) is 18.0. The van der Waals surface area contributed by atoms with E-state index in [-0.39, 0.29) is 0 Å². The van der Waals surface area contributed by atoms with E-state index in [0.29, 0.717) is 0 Å². The number of nitrogens with zero attached hydrogens (tertiary/aromatic N) is 11. The van der Waals surface area contributed by atoms with E-state index in [2.05, 4.69) is 152 Å². The summed E-state index contributed by atoms with van der Waals surface area (Å²) in [7, 11) is 8.35. The minimum absolute atomic E-state index is 0.766. The van der Waals surface area contributed by atoms with Crippen LogP contribution in [0.1, 0.15) is 0 Å². The highest BCUT2D eigenvalue weighted by molar-refractivity contribution is 6.10. The van der Waals surface area contributed by atoms with Crippen molar-refractivity contribution >= 4 is 44.8 Å². The van der Waals surface area contributed by atoms with E-state index in [1.165, 1.54) is 0 Å². The fourth-order valence-electron chi connectivity index (χ4n) is 6.16. The van der Waals surface area contributed by atoms with Crippen LogP contribution in [0.5, 0.6) is 0 Å². The van der Waals surface area contributed by atoms with E-state index in [1.807, 2.05) is 12.4 Å². The molecule has 4 aromatic rings. The average molecular weight is 574 g/mol.